The second-order valence-electron chi connectivity index (χ2n) is 3.71. The fourth-order valence-electron chi connectivity index (χ4n) is 1.26. The molecule has 0 bridgehead atoms. The van der Waals surface area contributed by atoms with E-state index in [9.17, 15) is 4.39 Å². The maximum atomic E-state index is 13.5. The lowest BCUT2D eigenvalue weighted by Gasteiger charge is -2.15. The van der Waals surface area contributed by atoms with E-state index in [2.05, 4.69) is 0 Å². The fraction of sp³-hybridized carbons (Fsp3) is 0.455. The molecule has 0 amide bonds. The first kappa shape index (κ1) is 10.2. The zero-order chi connectivity index (χ0) is 9.90. The maximum Gasteiger partial charge on any atom is 0.130 e. The van der Waals surface area contributed by atoms with E-state index in [0.717, 1.165) is 17.5 Å². The number of alkyl halides is 1. The summed E-state index contributed by atoms with van der Waals surface area (Å²) in [6, 6.07) is 7.54. The molecule has 0 aliphatic carbocycles. The van der Waals surface area contributed by atoms with Crippen LogP contribution in [-0.4, -0.2) is 6.54 Å². The molecule has 2 N–H and O–H groups in total. The van der Waals surface area contributed by atoms with E-state index < -0.39 is 5.67 Å². The molecule has 0 saturated carbocycles. The van der Waals surface area contributed by atoms with Gasteiger partial charge in [-0.25, -0.2) is 4.39 Å². The summed E-state index contributed by atoms with van der Waals surface area (Å²) >= 11 is 0. The monoisotopic (exact) mass is 181 g/mol. The van der Waals surface area contributed by atoms with Crippen LogP contribution < -0.4 is 5.73 Å². The van der Waals surface area contributed by atoms with E-state index in [1.807, 2.05) is 18.2 Å². The summed E-state index contributed by atoms with van der Waals surface area (Å²) < 4.78 is 13.5. The van der Waals surface area contributed by atoms with Gasteiger partial charge in [0.25, 0.3) is 0 Å². The van der Waals surface area contributed by atoms with Gasteiger partial charge in [-0.2, -0.15) is 0 Å². The number of hydrogen-bond acceptors (Lipinski definition) is 1. The SMILES string of the molecule is CC(C)(F)c1cccc(CCN)c1. The van der Waals surface area contributed by atoms with Gasteiger partial charge >= 0.3 is 0 Å². The predicted molar refractivity (Wildman–Crippen MR) is 53.3 cm³/mol. The molecule has 0 unspecified atom stereocenters. The first-order valence-corrected chi connectivity index (χ1v) is 4.52. The van der Waals surface area contributed by atoms with Crippen LogP contribution in [0.3, 0.4) is 0 Å². The van der Waals surface area contributed by atoms with Gasteiger partial charge in [0.15, 0.2) is 0 Å². The highest BCUT2D eigenvalue weighted by molar-refractivity contribution is 5.27. The number of rotatable bonds is 3. The lowest BCUT2D eigenvalue weighted by Crippen LogP contribution is -2.10. The van der Waals surface area contributed by atoms with Crippen molar-refractivity contribution in [1.82, 2.24) is 0 Å². The van der Waals surface area contributed by atoms with Crippen molar-refractivity contribution in [1.29, 1.82) is 0 Å². The quantitative estimate of drug-likeness (QED) is 0.761. The van der Waals surface area contributed by atoms with Crippen LogP contribution in [0, 0.1) is 0 Å². The van der Waals surface area contributed by atoms with Crippen LogP contribution in [-0.2, 0) is 12.1 Å². The topological polar surface area (TPSA) is 26.0 Å². The molecule has 1 rings (SSSR count). The van der Waals surface area contributed by atoms with Crippen molar-refractivity contribution in [2.24, 2.45) is 5.73 Å². The highest BCUT2D eigenvalue weighted by atomic mass is 19.1. The van der Waals surface area contributed by atoms with Gasteiger partial charge in [0, 0.05) is 0 Å². The number of halogens is 1. The number of benzene rings is 1. The van der Waals surface area contributed by atoms with Crippen molar-refractivity contribution < 1.29 is 4.39 Å². The van der Waals surface area contributed by atoms with Crippen LogP contribution >= 0.6 is 0 Å². The Morgan fingerprint density at radius 3 is 2.62 bits per heavy atom. The van der Waals surface area contributed by atoms with Gasteiger partial charge in [-0.1, -0.05) is 24.3 Å². The van der Waals surface area contributed by atoms with Crippen LogP contribution in [0.15, 0.2) is 24.3 Å². The normalized spacial score (nSPS) is 11.7. The molecule has 0 heterocycles. The van der Waals surface area contributed by atoms with E-state index in [0.29, 0.717) is 6.54 Å². The average Bonchev–Trinajstić information content (AvgIpc) is 2.04. The van der Waals surface area contributed by atoms with Gasteiger partial charge in [-0.15, -0.1) is 0 Å². The molecule has 1 aromatic carbocycles. The van der Waals surface area contributed by atoms with Gasteiger partial charge in [0.05, 0.1) is 0 Å². The first-order valence-electron chi connectivity index (χ1n) is 4.52. The zero-order valence-corrected chi connectivity index (χ0v) is 8.18. The zero-order valence-electron chi connectivity index (χ0n) is 8.18. The van der Waals surface area contributed by atoms with Gasteiger partial charge in [-0.3, -0.25) is 0 Å². The van der Waals surface area contributed by atoms with E-state index >= 15 is 0 Å². The smallest absolute Gasteiger partial charge is 0.130 e. The highest BCUT2D eigenvalue weighted by Gasteiger charge is 2.18. The third-order valence-electron chi connectivity index (χ3n) is 2.05. The summed E-state index contributed by atoms with van der Waals surface area (Å²) in [5.74, 6) is 0. The molecule has 1 aromatic rings. The van der Waals surface area contributed by atoms with E-state index in [1.165, 1.54) is 0 Å². The molecule has 0 fully saturated rings. The summed E-state index contributed by atoms with van der Waals surface area (Å²) in [4.78, 5) is 0. The summed E-state index contributed by atoms with van der Waals surface area (Å²) in [6.07, 6.45) is 0.809. The summed E-state index contributed by atoms with van der Waals surface area (Å²) in [7, 11) is 0. The lowest BCUT2D eigenvalue weighted by molar-refractivity contribution is 0.221. The van der Waals surface area contributed by atoms with Crippen molar-refractivity contribution in [2.45, 2.75) is 25.9 Å². The van der Waals surface area contributed by atoms with Crippen LogP contribution in [0.2, 0.25) is 0 Å². The van der Waals surface area contributed by atoms with Crippen LogP contribution in [0.1, 0.15) is 25.0 Å². The molecule has 72 valence electrons. The second kappa shape index (κ2) is 3.88. The summed E-state index contributed by atoms with van der Waals surface area (Å²) in [5, 5.41) is 0. The van der Waals surface area contributed by atoms with Crippen molar-refractivity contribution in [3.8, 4) is 0 Å². The third-order valence-corrected chi connectivity index (χ3v) is 2.05. The highest BCUT2D eigenvalue weighted by Crippen LogP contribution is 2.24. The molecule has 2 heteroatoms. The van der Waals surface area contributed by atoms with Crippen LogP contribution in [0.4, 0.5) is 4.39 Å². The third kappa shape index (κ3) is 2.81. The molecule has 0 aromatic heterocycles. The van der Waals surface area contributed by atoms with Crippen molar-refractivity contribution in [3.63, 3.8) is 0 Å². The lowest BCUT2D eigenvalue weighted by atomic mass is 9.97. The van der Waals surface area contributed by atoms with E-state index in [1.54, 1.807) is 19.9 Å². The largest absolute Gasteiger partial charge is 0.330 e. The number of nitrogens with two attached hydrogens (primary N) is 1. The van der Waals surface area contributed by atoms with Crippen molar-refractivity contribution in [3.05, 3.63) is 35.4 Å². The Balaban J connectivity index is 2.92. The molecule has 1 nitrogen and oxygen atoms in total. The minimum Gasteiger partial charge on any atom is -0.330 e. The second-order valence-corrected chi connectivity index (χ2v) is 3.71. The molecule has 0 aliphatic rings. The van der Waals surface area contributed by atoms with Gasteiger partial charge < -0.3 is 5.73 Å². The van der Waals surface area contributed by atoms with Crippen LogP contribution in [0.25, 0.3) is 0 Å². The Morgan fingerprint density at radius 1 is 1.38 bits per heavy atom. The Hall–Kier alpha value is -0.890. The van der Waals surface area contributed by atoms with Gasteiger partial charge in [-0.05, 0) is 37.9 Å². The molecule has 0 spiro atoms. The standard InChI is InChI=1S/C11H16FN/c1-11(2,12)10-5-3-4-9(8-10)6-7-13/h3-5,8H,6-7,13H2,1-2H3. The van der Waals surface area contributed by atoms with Crippen molar-refractivity contribution >= 4 is 0 Å². The number of hydrogen-bond donors (Lipinski definition) is 1. The molecular formula is C11H16FN. The van der Waals surface area contributed by atoms with E-state index in [4.69, 9.17) is 5.73 Å². The molecular weight excluding hydrogens is 165 g/mol. The molecule has 0 saturated heterocycles. The first-order chi connectivity index (χ1) is 6.04. The molecule has 13 heavy (non-hydrogen) atoms. The minimum atomic E-state index is -1.26. The Kier molecular flexibility index (Phi) is 3.04. The van der Waals surface area contributed by atoms with E-state index in [-0.39, 0.29) is 0 Å². The Labute approximate surface area is 78.8 Å². The summed E-state index contributed by atoms with van der Waals surface area (Å²) in [5.41, 5.74) is 5.99. The minimum absolute atomic E-state index is 0.607. The van der Waals surface area contributed by atoms with Crippen LogP contribution in [0.5, 0.6) is 0 Å². The van der Waals surface area contributed by atoms with Crippen molar-refractivity contribution in [2.75, 3.05) is 6.54 Å². The fourth-order valence-corrected chi connectivity index (χ4v) is 1.26. The average molecular weight is 181 g/mol. The molecule has 0 radical (unpaired) electrons. The predicted octanol–water partition coefficient (Wildman–Crippen LogP) is 2.39. The Bertz CT molecular complexity index is 276. The Morgan fingerprint density at radius 2 is 2.08 bits per heavy atom. The summed E-state index contributed by atoms with van der Waals surface area (Å²) in [6.45, 7) is 3.74. The molecule has 0 aliphatic heterocycles. The van der Waals surface area contributed by atoms with Gasteiger partial charge in [0.2, 0.25) is 0 Å². The maximum absolute atomic E-state index is 13.5. The van der Waals surface area contributed by atoms with Gasteiger partial charge in [0.1, 0.15) is 5.67 Å². The molecule has 0 atom stereocenters.